The Labute approximate surface area is 109 Å². The number of benzene rings is 1. The first-order chi connectivity index (χ1) is 8.63. The predicted octanol–water partition coefficient (Wildman–Crippen LogP) is 1.44. The van der Waals surface area contributed by atoms with Crippen LogP contribution >= 0.6 is 0 Å². The molecule has 1 aromatic rings. The lowest BCUT2D eigenvalue weighted by molar-refractivity contribution is -0.130. The number of hydrogen-bond acceptors (Lipinski definition) is 3. The number of rotatable bonds is 7. The second kappa shape index (κ2) is 7.71. The number of carbonyl (C=O) groups is 1. The van der Waals surface area contributed by atoms with Gasteiger partial charge in [-0.25, -0.2) is 0 Å². The number of amides is 1. The molecule has 0 fully saturated rings. The van der Waals surface area contributed by atoms with Gasteiger partial charge in [0, 0.05) is 20.1 Å². The summed E-state index contributed by atoms with van der Waals surface area (Å²) in [6.07, 6.45) is 0.411. The number of likely N-dealkylation sites (N-methyl/N-ethyl adjacent to an activating group) is 2. The van der Waals surface area contributed by atoms with E-state index in [0.29, 0.717) is 13.0 Å². The van der Waals surface area contributed by atoms with Crippen LogP contribution in [0.2, 0.25) is 0 Å². The zero-order chi connectivity index (χ0) is 13.4. The fraction of sp³-hybridized carbons (Fsp3) is 0.500. The van der Waals surface area contributed by atoms with Crippen molar-refractivity contribution in [2.24, 2.45) is 0 Å². The first-order valence-corrected chi connectivity index (χ1v) is 6.21. The summed E-state index contributed by atoms with van der Waals surface area (Å²) in [6.45, 7) is 3.97. The minimum Gasteiger partial charge on any atom is -0.493 e. The molecule has 0 aliphatic heterocycles. The molecule has 18 heavy (non-hydrogen) atoms. The predicted molar refractivity (Wildman–Crippen MR) is 72.9 cm³/mol. The SMILES string of the molecule is CNCCN(C)C(=O)CCOc1cccc(C)c1. The minimum atomic E-state index is 0.109. The van der Waals surface area contributed by atoms with E-state index in [-0.39, 0.29) is 5.91 Å². The number of carbonyl (C=O) groups excluding carboxylic acids is 1. The molecule has 1 rings (SSSR count). The molecule has 1 aromatic carbocycles. The fourth-order valence-electron chi connectivity index (χ4n) is 1.56. The molecule has 0 aliphatic rings. The van der Waals surface area contributed by atoms with E-state index < -0.39 is 0 Å². The smallest absolute Gasteiger partial charge is 0.225 e. The van der Waals surface area contributed by atoms with Crippen LogP contribution in [0.15, 0.2) is 24.3 Å². The lowest BCUT2D eigenvalue weighted by Gasteiger charge is -2.17. The molecule has 0 saturated carbocycles. The van der Waals surface area contributed by atoms with Crippen LogP contribution < -0.4 is 10.1 Å². The highest BCUT2D eigenvalue weighted by Crippen LogP contribution is 2.12. The van der Waals surface area contributed by atoms with E-state index >= 15 is 0 Å². The molecule has 4 nitrogen and oxygen atoms in total. The number of hydrogen-bond donors (Lipinski definition) is 1. The van der Waals surface area contributed by atoms with E-state index in [1.165, 1.54) is 0 Å². The Balaban J connectivity index is 2.27. The maximum atomic E-state index is 11.7. The molecule has 0 saturated heterocycles. The van der Waals surface area contributed by atoms with E-state index in [0.717, 1.165) is 24.4 Å². The molecule has 0 spiro atoms. The van der Waals surface area contributed by atoms with Gasteiger partial charge in [-0.3, -0.25) is 4.79 Å². The van der Waals surface area contributed by atoms with E-state index in [1.807, 2.05) is 45.3 Å². The molecular formula is C14H22N2O2. The molecule has 1 amide bonds. The third-order valence-electron chi connectivity index (χ3n) is 2.70. The third-order valence-corrected chi connectivity index (χ3v) is 2.70. The van der Waals surface area contributed by atoms with Crippen molar-refractivity contribution in [3.63, 3.8) is 0 Å². The molecule has 1 N–H and O–H groups in total. The Kier molecular flexibility index (Phi) is 6.22. The number of nitrogens with one attached hydrogen (secondary N) is 1. The van der Waals surface area contributed by atoms with Crippen LogP contribution in [-0.2, 0) is 4.79 Å². The first kappa shape index (κ1) is 14.5. The average Bonchev–Trinajstić information content (AvgIpc) is 2.35. The lowest BCUT2D eigenvalue weighted by Crippen LogP contribution is -2.33. The molecule has 0 atom stereocenters. The Morgan fingerprint density at radius 1 is 1.44 bits per heavy atom. The molecular weight excluding hydrogens is 228 g/mol. The summed E-state index contributed by atoms with van der Waals surface area (Å²) in [6, 6.07) is 7.84. The van der Waals surface area contributed by atoms with Crippen molar-refractivity contribution >= 4 is 5.91 Å². The van der Waals surface area contributed by atoms with E-state index in [4.69, 9.17) is 4.74 Å². The average molecular weight is 250 g/mol. The number of nitrogens with zero attached hydrogens (tertiary/aromatic N) is 1. The van der Waals surface area contributed by atoms with Crippen molar-refractivity contribution in [2.75, 3.05) is 33.8 Å². The zero-order valence-corrected chi connectivity index (χ0v) is 11.4. The number of ether oxygens (including phenoxy) is 1. The largest absolute Gasteiger partial charge is 0.493 e. The van der Waals surface area contributed by atoms with Gasteiger partial charge in [0.25, 0.3) is 0 Å². The summed E-state index contributed by atoms with van der Waals surface area (Å²) >= 11 is 0. The van der Waals surface area contributed by atoms with Crippen molar-refractivity contribution in [3.8, 4) is 5.75 Å². The summed E-state index contributed by atoms with van der Waals surface area (Å²) in [7, 11) is 3.69. The Hall–Kier alpha value is -1.55. The van der Waals surface area contributed by atoms with Crippen molar-refractivity contribution in [2.45, 2.75) is 13.3 Å². The molecule has 0 radical (unpaired) electrons. The summed E-state index contributed by atoms with van der Waals surface area (Å²) in [5.74, 6) is 0.929. The van der Waals surface area contributed by atoms with Gasteiger partial charge >= 0.3 is 0 Å². The van der Waals surface area contributed by atoms with Gasteiger partial charge in [0.1, 0.15) is 5.75 Å². The van der Waals surface area contributed by atoms with Crippen molar-refractivity contribution in [3.05, 3.63) is 29.8 Å². The summed E-state index contributed by atoms with van der Waals surface area (Å²) in [5.41, 5.74) is 1.16. The van der Waals surface area contributed by atoms with E-state index in [9.17, 15) is 4.79 Å². The Morgan fingerprint density at radius 2 is 2.22 bits per heavy atom. The van der Waals surface area contributed by atoms with E-state index in [2.05, 4.69) is 5.32 Å². The van der Waals surface area contributed by atoms with Crippen LogP contribution in [0.25, 0.3) is 0 Å². The van der Waals surface area contributed by atoms with Gasteiger partial charge in [0.2, 0.25) is 5.91 Å². The van der Waals surface area contributed by atoms with Crippen LogP contribution in [0.5, 0.6) is 5.75 Å². The molecule has 0 aliphatic carbocycles. The maximum absolute atomic E-state index is 11.7. The van der Waals surface area contributed by atoms with Crippen LogP contribution in [0.4, 0.5) is 0 Å². The molecule has 0 bridgehead atoms. The third kappa shape index (κ3) is 5.19. The van der Waals surface area contributed by atoms with Gasteiger partial charge in [-0.15, -0.1) is 0 Å². The lowest BCUT2D eigenvalue weighted by atomic mass is 10.2. The quantitative estimate of drug-likeness (QED) is 0.796. The van der Waals surface area contributed by atoms with Crippen molar-refractivity contribution in [1.82, 2.24) is 10.2 Å². The van der Waals surface area contributed by atoms with Crippen molar-refractivity contribution in [1.29, 1.82) is 0 Å². The molecule has 0 unspecified atom stereocenters. The molecule has 0 heterocycles. The minimum absolute atomic E-state index is 0.109. The van der Waals surface area contributed by atoms with E-state index in [1.54, 1.807) is 4.90 Å². The summed E-state index contributed by atoms with van der Waals surface area (Å²) in [5, 5.41) is 3.02. The molecule has 0 aromatic heterocycles. The van der Waals surface area contributed by atoms with Gasteiger partial charge in [-0.2, -0.15) is 0 Å². The summed E-state index contributed by atoms with van der Waals surface area (Å²) in [4.78, 5) is 13.4. The van der Waals surface area contributed by atoms with Gasteiger partial charge in [-0.1, -0.05) is 12.1 Å². The zero-order valence-electron chi connectivity index (χ0n) is 11.4. The molecule has 4 heteroatoms. The van der Waals surface area contributed by atoms with Crippen LogP contribution in [-0.4, -0.2) is 44.6 Å². The van der Waals surface area contributed by atoms with Crippen LogP contribution in [0.3, 0.4) is 0 Å². The van der Waals surface area contributed by atoms with Gasteiger partial charge in [0.15, 0.2) is 0 Å². The van der Waals surface area contributed by atoms with Gasteiger partial charge < -0.3 is 15.0 Å². The topological polar surface area (TPSA) is 41.6 Å². The highest BCUT2D eigenvalue weighted by atomic mass is 16.5. The number of aryl methyl sites for hydroxylation is 1. The maximum Gasteiger partial charge on any atom is 0.225 e. The monoisotopic (exact) mass is 250 g/mol. The Bertz CT molecular complexity index is 380. The highest BCUT2D eigenvalue weighted by molar-refractivity contribution is 5.75. The van der Waals surface area contributed by atoms with Gasteiger partial charge in [0.05, 0.1) is 13.0 Å². The summed E-state index contributed by atoms with van der Waals surface area (Å²) < 4.78 is 5.55. The fourth-order valence-corrected chi connectivity index (χ4v) is 1.56. The second-order valence-electron chi connectivity index (χ2n) is 4.33. The second-order valence-corrected chi connectivity index (χ2v) is 4.33. The first-order valence-electron chi connectivity index (χ1n) is 6.21. The Morgan fingerprint density at radius 3 is 2.89 bits per heavy atom. The normalized spacial score (nSPS) is 10.2. The standard InChI is InChI=1S/C14H22N2O2/c1-12-5-4-6-13(11-12)18-10-7-14(17)16(3)9-8-15-2/h4-6,11,15H,7-10H2,1-3H3. The van der Waals surface area contributed by atoms with Crippen LogP contribution in [0.1, 0.15) is 12.0 Å². The highest BCUT2D eigenvalue weighted by Gasteiger charge is 2.07. The van der Waals surface area contributed by atoms with Crippen molar-refractivity contribution < 1.29 is 9.53 Å². The van der Waals surface area contributed by atoms with Gasteiger partial charge in [-0.05, 0) is 31.7 Å². The van der Waals surface area contributed by atoms with Crippen LogP contribution in [0, 0.1) is 6.92 Å². The molecule has 100 valence electrons.